The van der Waals surface area contributed by atoms with Crippen molar-refractivity contribution in [3.63, 3.8) is 0 Å². The van der Waals surface area contributed by atoms with Gasteiger partial charge in [0.1, 0.15) is 6.04 Å². The normalized spacial score (nSPS) is 18.9. The molecule has 2 unspecified atom stereocenters. The predicted octanol–water partition coefficient (Wildman–Crippen LogP) is 2.10. The summed E-state index contributed by atoms with van der Waals surface area (Å²) in [6.45, 7) is 7.27. The SMILES string of the molecule is CC1CN(C(=O)C(Cc2c[nH]c3ccccc23)NC(=O)C(C)C)CCO1. The summed E-state index contributed by atoms with van der Waals surface area (Å²) in [5, 5.41) is 4.03. The van der Waals surface area contributed by atoms with E-state index in [0.29, 0.717) is 26.1 Å². The molecule has 1 aromatic carbocycles. The van der Waals surface area contributed by atoms with E-state index in [4.69, 9.17) is 4.74 Å². The van der Waals surface area contributed by atoms with Crippen LogP contribution < -0.4 is 5.32 Å². The van der Waals surface area contributed by atoms with E-state index in [9.17, 15) is 9.59 Å². The van der Waals surface area contributed by atoms with Crippen LogP contribution in [-0.2, 0) is 20.7 Å². The second-order valence-corrected chi connectivity index (χ2v) is 7.25. The summed E-state index contributed by atoms with van der Waals surface area (Å²) in [6.07, 6.45) is 2.41. The van der Waals surface area contributed by atoms with Crippen molar-refractivity contribution >= 4 is 22.7 Å². The van der Waals surface area contributed by atoms with Crippen LogP contribution in [0.25, 0.3) is 10.9 Å². The molecule has 2 N–H and O–H groups in total. The highest BCUT2D eigenvalue weighted by molar-refractivity contribution is 5.90. The van der Waals surface area contributed by atoms with E-state index in [0.717, 1.165) is 16.5 Å². The van der Waals surface area contributed by atoms with E-state index >= 15 is 0 Å². The molecule has 0 radical (unpaired) electrons. The summed E-state index contributed by atoms with van der Waals surface area (Å²) < 4.78 is 5.53. The van der Waals surface area contributed by atoms with Crippen LogP contribution in [0, 0.1) is 5.92 Å². The molecule has 0 bridgehead atoms. The van der Waals surface area contributed by atoms with Crippen molar-refractivity contribution in [1.82, 2.24) is 15.2 Å². The molecule has 1 aliphatic heterocycles. The number of aromatic nitrogens is 1. The fourth-order valence-electron chi connectivity index (χ4n) is 3.30. The Balaban J connectivity index is 1.82. The van der Waals surface area contributed by atoms with Gasteiger partial charge in [-0.25, -0.2) is 0 Å². The summed E-state index contributed by atoms with van der Waals surface area (Å²) in [6, 6.07) is 7.42. The van der Waals surface area contributed by atoms with Crippen LogP contribution in [0.3, 0.4) is 0 Å². The molecule has 6 nitrogen and oxygen atoms in total. The Hall–Kier alpha value is -2.34. The van der Waals surface area contributed by atoms with Crippen molar-refractivity contribution in [1.29, 1.82) is 0 Å². The molecule has 6 heteroatoms. The van der Waals surface area contributed by atoms with E-state index in [1.807, 2.05) is 51.2 Å². The van der Waals surface area contributed by atoms with Gasteiger partial charge in [-0.1, -0.05) is 32.0 Å². The van der Waals surface area contributed by atoms with Crippen LogP contribution in [0.4, 0.5) is 0 Å². The van der Waals surface area contributed by atoms with Crippen LogP contribution in [0.1, 0.15) is 26.3 Å². The molecule has 1 saturated heterocycles. The number of hydrogen-bond donors (Lipinski definition) is 2. The van der Waals surface area contributed by atoms with E-state index < -0.39 is 6.04 Å². The standard InChI is InChI=1S/C20H27N3O3/c1-13(2)19(24)22-18(20(25)23-8-9-26-14(3)12-23)10-15-11-21-17-7-5-4-6-16(15)17/h4-7,11,13-14,18,21H,8-10,12H2,1-3H3,(H,22,24). The molecule has 0 spiro atoms. The number of carbonyl (C=O) groups excluding carboxylic acids is 2. The first kappa shape index (κ1) is 18.5. The summed E-state index contributed by atoms with van der Waals surface area (Å²) in [4.78, 5) is 30.4. The van der Waals surface area contributed by atoms with Gasteiger partial charge in [-0.15, -0.1) is 0 Å². The molecule has 3 rings (SSSR count). The topological polar surface area (TPSA) is 74.4 Å². The summed E-state index contributed by atoms with van der Waals surface area (Å²) in [5.74, 6) is -0.319. The number of fused-ring (bicyclic) bond motifs is 1. The first-order chi connectivity index (χ1) is 12.5. The number of nitrogens with one attached hydrogen (secondary N) is 2. The van der Waals surface area contributed by atoms with Gasteiger partial charge < -0.3 is 19.9 Å². The van der Waals surface area contributed by atoms with E-state index in [-0.39, 0.29) is 23.8 Å². The highest BCUT2D eigenvalue weighted by Crippen LogP contribution is 2.20. The summed E-state index contributed by atoms with van der Waals surface area (Å²) in [5.41, 5.74) is 2.06. The molecule has 2 aromatic rings. The van der Waals surface area contributed by atoms with Gasteiger partial charge in [-0.3, -0.25) is 9.59 Å². The number of morpholine rings is 1. The lowest BCUT2D eigenvalue weighted by molar-refractivity contribution is -0.142. The molecule has 2 atom stereocenters. The number of para-hydroxylation sites is 1. The van der Waals surface area contributed by atoms with Crippen LogP contribution in [0.2, 0.25) is 0 Å². The van der Waals surface area contributed by atoms with Gasteiger partial charge in [0, 0.05) is 42.5 Å². The highest BCUT2D eigenvalue weighted by Gasteiger charge is 2.30. The molecule has 2 amide bonds. The number of amides is 2. The highest BCUT2D eigenvalue weighted by atomic mass is 16.5. The molecule has 0 saturated carbocycles. The molecule has 2 heterocycles. The number of hydrogen-bond acceptors (Lipinski definition) is 3. The average Bonchev–Trinajstić information content (AvgIpc) is 3.03. The van der Waals surface area contributed by atoms with Crippen molar-refractivity contribution in [2.45, 2.75) is 39.3 Å². The summed E-state index contributed by atoms with van der Waals surface area (Å²) >= 11 is 0. The number of ether oxygens (including phenoxy) is 1. The zero-order valence-electron chi connectivity index (χ0n) is 15.6. The lowest BCUT2D eigenvalue weighted by Gasteiger charge is -2.34. The maximum absolute atomic E-state index is 13.1. The minimum atomic E-state index is -0.575. The number of nitrogens with zero attached hydrogens (tertiary/aromatic N) is 1. The Labute approximate surface area is 153 Å². The molecule has 140 valence electrons. The fourth-order valence-corrected chi connectivity index (χ4v) is 3.30. The molecule has 26 heavy (non-hydrogen) atoms. The number of H-pyrrole nitrogens is 1. The maximum Gasteiger partial charge on any atom is 0.245 e. The first-order valence-electron chi connectivity index (χ1n) is 9.21. The lowest BCUT2D eigenvalue weighted by Crippen LogP contribution is -2.54. The molecule has 0 aliphatic carbocycles. The van der Waals surface area contributed by atoms with Crippen LogP contribution in [-0.4, -0.2) is 53.5 Å². The number of rotatable bonds is 5. The Morgan fingerprint density at radius 1 is 1.35 bits per heavy atom. The van der Waals surface area contributed by atoms with Gasteiger partial charge in [0.05, 0.1) is 12.7 Å². The van der Waals surface area contributed by atoms with Gasteiger partial charge in [0.2, 0.25) is 11.8 Å². The lowest BCUT2D eigenvalue weighted by atomic mass is 10.0. The predicted molar refractivity (Wildman–Crippen MR) is 101 cm³/mol. The van der Waals surface area contributed by atoms with Crippen molar-refractivity contribution in [2.75, 3.05) is 19.7 Å². The zero-order chi connectivity index (χ0) is 18.7. The second-order valence-electron chi connectivity index (χ2n) is 7.25. The average molecular weight is 357 g/mol. The minimum absolute atomic E-state index is 0.0160. The number of benzene rings is 1. The van der Waals surface area contributed by atoms with Crippen molar-refractivity contribution in [3.05, 3.63) is 36.0 Å². The van der Waals surface area contributed by atoms with E-state index in [1.165, 1.54) is 0 Å². The third-order valence-corrected chi connectivity index (χ3v) is 4.79. The quantitative estimate of drug-likeness (QED) is 0.861. The molecule has 1 fully saturated rings. The molecule has 1 aliphatic rings. The molecular weight excluding hydrogens is 330 g/mol. The Bertz CT molecular complexity index is 783. The Kier molecular flexibility index (Phi) is 5.61. The second kappa shape index (κ2) is 7.91. The molecule has 1 aromatic heterocycles. The minimum Gasteiger partial charge on any atom is -0.375 e. The zero-order valence-corrected chi connectivity index (χ0v) is 15.6. The summed E-state index contributed by atoms with van der Waals surface area (Å²) in [7, 11) is 0. The Morgan fingerprint density at radius 2 is 2.12 bits per heavy atom. The van der Waals surface area contributed by atoms with Crippen LogP contribution >= 0.6 is 0 Å². The van der Waals surface area contributed by atoms with Gasteiger partial charge in [-0.05, 0) is 18.6 Å². The molecular formula is C20H27N3O3. The monoisotopic (exact) mass is 357 g/mol. The van der Waals surface area contributed by atoms with Crippen molar-refractivity contribution in [3.8, 4) is 0 Å². The van der Waals surface area contributed by atoms with E-state index in [1.54, 1.807) is 4.90 Å². The van der Waals surface area contributed by atoms with Gasteiger partial charge in [0.25, 0.3) is 0 Å². The largest absolute Gasteiger partial charge is 0.375 e. The third-order valence-electron chi connectivity index (χ3n) is 4.79. The van der Waals surface area contributed by atoms with E-state index in [2.05, 4.69) is 10.3 Å². The van der Waals surface area contributed by atoms with Crippen molar-refractivity contribution < 1.29 is 14.3 Å². The van der Waals surface area contributed by atoms with Crippen molar-refractivity contribution in [2.24, 2.45) is 5.92 Å². The Morgan fingerprint density at radius 3 is 2.85 bits per heavy atom. The maximum atomic E-state index is 13.1. The van der Waals surface area contributed by atoms with Crippen LogP contribution in [0.5, 0.6) is 0 Å². The fraction of sp³-hybridized carbons (Fsp3) is 0.500. The smallest absolute Gasteiger partial charge is 0.245 e. The number of aromatic amines is 1. The number of carbonyl (C=O) groups is 2. The van der Waals surface area contributed by atoms with Crippen LogP contribution in [0.15, 0.2) is 30.5 Å². The van der Waals surface area contributed by atoms with Gasteiger partial charge >= 0.3 is 0 Å². The first-order valence-corrected chi connectivity index (χ1v) is 9.21. The van der Waals surface area contributed by atoms with Gasteiger partial charge in [0.15, 0.2) is 0 Å². The van der Waals surface area contributed by atoms with Gasteiger partial charge in [-0.2, -0.15) is 0 Å². The third kappa shape index (κ3) is 4.07.